The first-order chi connectivity index (χ1) is 14.2. The lowest BCUT2D eigenvalue weighted by Gasteiger charge is -2.28. The van der Waals surface area contributed by atoms with Crippen LogP contribution in [0.3, 0.4) is 0 Å². The van der Waals surface area contributed by atoms with Crippen LogP contribution in [0, 0.1) is 13.8 Å². The molecule has 2 aromatic heterocycles. The standard InChI is InChI=1S/C22H26N4O2S/c1-14-15(2)29-22-20(14)21(24-19(25-22)13-26-8-11-27-12-9-26)23-17-7-10-28-18-6-4-3-5-16(17)18/h3-6,17H,7-13H2,1-2H3,(H,23,24,25)/t17-/m0/s1. The number of aryl methyl sites for hydroxylation is 2. The Balaban J connectivity index is 1.51. The topological polar surface area (TPSA) is 59.5 Å². The molecule has 29 heavy (non-hydrogen) atoms. The van der Waals surface area contributed by atoms with Gasteiger partial charge in [-0.3, -0.25) is 4.90 Å². The zero-order chi connectivity index (χ0) is 19.8. The Bertz CT molecular complexity index is 1030. The van der Waals surface area contributed by atoms with Crippen LogP contribution in [0.25, 0.3) is 10.2 Å². The number of hydrogen-bond donors (Lipinski definition) is 1. The predicted molar refractivity (Wildman–Crippen MR) is 116 cm³/mol. The first kappa shape index (κ1) is 18.8. The molecule has 0 amide bonds. The number of aromatic nitrogens is 2. The van der Waals surface area contributed by atoms with Gasteiger partial charge in [0.15, 0.2) is 0 Å². The Morgan fingerprint density at radius 3 is 2.83 bits per heavy atom. The van der Waals surface area contributed by atoms with Crippen LogP contribution in [0.1, 0.15) is 34.3 Å². The van der Waals surface area contributed by atoms with Crippen LogP contribution in [-0.4, -0.2) is 47.8 Å². The van der Waals surface area contributed by atoms with Gasteiger partial charge in [0.1, 0.15) is 22.2 Å². The van der Waals surface area contributed by atoms with Crippen molar-refractivity contribution in [3.8, 4) is 5.75 Å². The van der Waals surface area contributed by atoms with Gasteiger partial charge in [-0.15, -0.1) is 11.3 Å². The molecule has 1 aromatic carbocycles. The van der Waals surface area contributed by atoms with Crippen LogP contribution in [-0.2, 0) is 11.3 Å². The summed E-state index contributed by atoms with van der Waals surface area (Å²) in [5, 5.41) is 4.90. The van der Waals surface area contributed by atoms with Crippen LogP contribution in [0.4, 0.5) is 5.82 Å². The van der Waals surface area contributed by atoms with Gasteiger partial charge in [0.05, 0.1) is 37.8 Å². The third kappa shape index (κ3) is 3.70. The molecule has 6 nitrogen and oxygen atoms in total. The minimum Gasteiger partial charge on any atom is -0.493 e. The zero-order valence-corrected chi connectivity index (χ0v) is 17.7. The lowest BCUT2D eigenvalue weighted by atomic mass is 10.0. The molecule has 1 atom stereocenters. The summed E-state index contributed by atoms with van der Waals surface area (Å²) in [6.45, 7) is 9.23. The second-order valence-electron chi connectivity index (χ2n) is 7.71. The van der Waals surface area contributed by atoms with Crippen molar-refractivity contribution in [1.82, 2.24) is 14.9 Å². The SMILES string of the molecule is Cc1sc2nc(CN3CCOCC3)nc(N[C@H]3CCOc4ccccc43)c2c1C. The quantitative estimate of drug-likeness (QED) is 0.700. The van der Waals surface area contributed by atoms with E-state index in [0.717, 1.165) is 66.9 Å². The molecule has 1 fully saturated rings. The first-order valence-corrected chi connectivity index (χ1v) is 11.1. The number of nitrogens with zero attached hydrogens (tertiary/aromatic N) is 3. The second kappa shape index (κ2) is 7.89. The van der Waals surface area contributed by atoms with E-state index >= 15 is 0 Å². The number of rotatable bonds is 4. The van der Waals surface area contributed by atoms with E-state index in [0.29, 0.717) is 6.61 Å². The van der Waals surface area contributed by atoms with Crippen LogP contribution in [0.15, 0.2) is 24.3 Å². The fourth-order valence-corrected chi connectivity index (χ4v) is 5.13. The highest BCUT2D eigenvalue weighted by Crippen LogP contribution is 2.38. The molecule has 2 aliphatic heterocycles. The maximum Gasteiger partial charge on any atom is 0.146 e. The number of benzene rings is 1. The Morgan fingerprint density at radius 2 is 1.97 bits per heavy atom. The average molecular weight is 411 g/mol. The fraction of sp³-hybridized carbons (Fsp3) is 0.455. The molecule has 7 heteroatoms. The van der Waals surface area contributed by atoms with Gasteiger partial charge in [0.25, 0.3) is 0 Å². The molecule has 152 valence electrons. The average Bonchev–Trinajstić information content (AvgIpc) is 3.03. The molecular weight excluding hydrogens is 384 g/mol. The largest absolute Gasteiger partial charge is 0.493 e. The molecule has 0 unspecified atom stereocenters. The van der Waals surface area contributed by atoms with Gasteiger partial charge in [0, 0.05) is 30.0 Å². The van der Waals surface area contributed by atoms with Crippen LogP contribution < -0.4 is 10.1 Å². The number of fused-ring (bicyclic) bond motifs is 2. The van der Waals surface area contributed by atoms with Gasteiger partial charge in [-0.2, -0.15) is 0 Å². The molecular formula is C22H26N4O2S. The first-order valence-electron chi connectivity index (χ1n) is 10.2. The van der Waals surface area contributed by atoms with E-state index in [2.05, 4.69) is 36.2 Å². The molecule has 0 saturated carbocycles. The van der Waals surface area contributed by atoms with E-state index < -0.39 is 0 Å². The van der Waals surface area contributed by atoms with Crippen LogP contribution >= 0.6 is 11.3 Å². The summed E-state index contributed by atoms with van der Waals surface area (Å²) in [4.78, 5) is 14.6. The Hall–Kier alpha value is -2.22. The highest BCUT2D eigenvalue weighted by molar-refractivity contribution is 7.18. The molecule has 4 heterocycles. The Labute approximate surface area is 174 Å². The third-order valence-electron chi connectivity index (χ3n) is 5.81. The van der Waals surface area contributed by atoms with Crippen molar-refractivity contribution in [2.75, 3.05) is 38.2 Å². The molecule has 0 bridgehead atoms. The molecule has 0 radical (unpaired) electrons. The molecule has 2 aliphatic rings. The van der Waals surface area contributed by atoms with Crippen molar-refractivity contribution in [3.63, 3.8) is 0 Å². The predicted octanol–water partition coefficient (Wildman–Crippen LogP) is 4.08. The normalized spacial score (nSPS) is 19.7. The summed E-state index contributed by atoms with van der Waals surface area (Å²) in [5.41, 5.74) is 2.47. The maximum absolute atomic E-state index is 5.84. The van der Waals surface area contributed by atoms with Gasteiger partial charge in [-0.25, -0.2) is 9.97 Å². The number of para-hydroxylation sites is 1. The zero-order valence-electron chi connectivity index (χ0n) is 16.9. The minimum absolute atomic E-state index is 0.189. The summed E-state index contributed by atoms with van der Waals surface area (Å²) in [6, 6.07) is 8.47. The summed E-state index contributed by atoms with van der Waals surface area (Å²) in [6.07, 6.45) is 0.920. The van der Waals surface area contributed by atoms with Crippen molar-refractivity contribution < 1.29 is 9.47 Å². The van der Waals surface area contributed by atoms with Gasteiger partial charge >= 0.3 is 0 Å². The summed E-state index contributed by atoms with van der Waals surface area (Å²) in [7, 11) is 0. The molecule has 1 saturated heterocycles. The Morgan fingerprint density at radius 1 is 1.14 bits per heavy atom. The van der Waals surface area contributed by atoms with E-state index in [1.807, 2.05) is 12.1 Å². The van der Waals surface area contributed by atoms with Gasteiger partial charge in [-0.1, -0.05) is 18.2 Å². The minimum atomic E-state index is 0.189. The van der Waals surface area contributed by atoms with Crippen molar-refractivity contribution in [3.05, 3.63) is 46.1 Å². The summed E-state index contributed by atoms with van der Waals surface area (Å²) in [5.74, 6) is 2.79. The molecule has 1 N–H and O–H groups in total. The van der Waals surface area contributed by atoms with E-state index in [9.17, 15) is 0 Å². The van der Waals surface area contributed by atoms with Gasteiger partial charge in [0.2, 0.25) is 0 Å². The van der Waals surface area contributed by atoms with Crippen LogP contribution in [0.5, 0.6) is 5.75 Å². The smallest absolute Gasteiger partial charge is 0.146 e. The maximum atomic E-state index is 5.84. The number of hydrogen-bond acceptors (Lipinski definition) is 7. The highest BCUT2D eigenvalue weighted by atomic mass is 32.1. The summed E-state index contributed by atoms with van der Waals surface area (Å²) < 4.78 is 11.3. The third-order valence-corrected chi connectivity index (χ3v) is 6.91. The highest BCUT2D eigenvalue weighted by Gasteiger charge is 2.24. The van der Waals surface area contributed by atoms with E-state index in [1.54, 1.807) is 11.3 Å². The van der Waals surface area contributed by atoms with Crippen LogP contribution in [0.2, 0.25) is 0 Å². The monoisotopic (exact) mass is 410 g/mol. The second-order valence-corrected chi connectivity index (χ2v) is 8.92. The van der Waals surface area contributed by atoms with Crippen molar-refractivity contribution in [1.29, 1.82) is 0 Å². The van der Waals surface area contributed by atoms with E-state index in [4.69, 9.17) is 19.4 Å². The molecule has 3 aromatic rings. The number of morpholine rings is 1. The molecule has 0 spiro atoms. The molecule has 0 aliphatic carbocycles. The number of thiophene rings is 1. The number of nitrogens with one attached hydrogen (secondary N) is 1. The molecule has 5 rings (SSSR count). The van der Waals surface area contributed by atoms with E-state index in [-0.39, 0.29) is 6.04 Å². The number of ether oxygens (including phenoxy) is 2. The van der Waals surface area contributed by atoms with Crippen molar-refractivity contribution in [2.24, 2.45) is 0 Å². The van der Waals surface area contributed by atoms with E-state index in [1.165, 1.54) is 16.0 Å². The lowest BCUT2D eigenvalue weighted by Crippen LogP contribution is -2.36. The fourth-order valence-electron chi connectivity index (χ4n) is 4.09. The summed E-state index contributed by atoms with van der Waals surface area (Å²) >= 11 is 1.76. The Kier molecular flexibility index (Phi) is 5.11. The number of anilines is 1. The van der Waals surface area contributed by atoms with Gasteiger partial charge < -0.3 is 14.8 Å². The van der Waals surface area contributed by atoms with Crippen molar-refractivity contribution >= 4 is 27.4 Å². The van der Waals surface area contributed by atoms with Crippen molar-refractivity contribution in [2.45, 2.75) is 32.9 Å². The van der Waals surface area contributed by atoms with Gasteiger partial charge in [-0.05, 0) is 25.5 Å². The lowest BCUT2D eigenvalue weighted by molar-refractivity contribution is 0.0331.